The third kappa shape index (κ3) is 3.61. The van der Waals surface area contributed by atoms with Gasteiger partial charge in [-0.15, -0.1) is 11.3 Å². The molecule has 136 valence electrons. The first kappa shape index (κ1) is 17.5. The molecule has 3 aromatic rings. The molecule has 1 aliphatic rings. The summed E-state index contributed by atoms with van der Waals surface area (Å²) < 4.78 is 11.1. The van der Waals surface area contributed by atoms with E-state index in [1.807, 2.05) is 12.1 Å². The van der Waals surface area contributed by atoms with Crippen molar-refractivity contribution in [3.05, 3.63) is 64.9 Å². The molecule has 2 aromatic heterocycles. The van der Waals surface area contributed by atoms with Crippen molar-refractivity contribution in [2.75, 3.05) is 19.8 Å². The van der Waals surface area contributed by atoms with Gasteiger partial charge in [0.15, 0.2) is 10.8 Å². The number of furan rings is 1. The average molecular weight is 369 g/mol. The Hall–Kier alpha value is -1.95. The predicted octanol–water partition coefficient (Wildman–Crippen LogP) is 4.55. The van der Waals surface area contributed by atoms with Crippen molar-refractivity contribution >= 4 is 11.3 Å². The number of thiazole rings is 1. The maximum Gasteiger partial charge on any atom is 0.162 e. The lowest BCUT2D eigenvalue weighted by Gasteiger charge is -2.39. The summed E-state index contributed by atoms with van der Waals surface area (Å²) in [6.07, 6.45) is 3.80. The second kappa shape index (κ2) is 7.74. The predicted molar refractivity (Wildman–Crippen MR) is 104 cm³/mol. The molecule has 5 heteroatoms. The van der Waals surface area contributed by atoms with Gasteiger partial charge in [0.1, 0.15) is 0 Å². The average Bonchev–Trinajstić information content (AvgIpc) is 3.34. The molecule has 3 heterocycles. The standard InChI is InChI=1S/C21H24N2O2S/c1-16-5-2-3-6-18(16)21(8-11-24-12-9-21)15-22-13-17-14-26-20(23-17)19-7-4-10-25-19/h2-7,10,14,22H,8-9,11-13,15H2,1H3. The van der Waals surface area contributed by atoms with Crippen LogP contribution in [0, 0.1) is 6.92 Å². The fraction of sp³-hybridized carbons (Fsp3) is 0.381. The van der Waals surface area contributed by atoms with Crippen LogP contribution in [0.4, 0.5) is 0 Å². The molecule has 1 N–H and O–H groups in total. The van der Waals surface area contributed by atoms with Crippen molar-refractivity contribution in [1.29, 1.82) is 0 Å². The molecule has 0 radical (unpaired) electrons. The highest BCUT2D eigenvalue weighted by Gasteiger charge is 2.35. The summed E-state index contributed by atoms with van der Waals surface area (Å²) in [7, 11) is 0. The number of nitrogens with one attached hydrogen (secondary N) is 1. The topological polar surface area (TPSA) is 47.3 Å². The van der Waals surface area contributed by atoms with Gasteiger partial charge in [0.25, 0.3) is 0 Å². The third-order valence-corrected chi connectivity index (χ3v) is 6.13. The smallest absolute Gasteiger partial charge is 0.162 e. The summed E-state index contributed by atoms with van der Waals surface area (Å²) in [5.41, 5.74) is 4.02. The van der Waals surface area contributed by atoms with Crippen molar-refractivity contribution in [3.63, 3.8) is 0 Å². The van der Waals surface area contributed by atoms with Crippen molar-refractivity contribution in [2.24, 2.45) is 0 Å². The largest absolute Gasteiger partial charge is 0.462 e. The lowest BCUT2D eigenvalue weighted by atomic mass is 9.72. The molecular formula is C21H24N2O2S. The van der Waals surface area contributed by atoms with Gasteiger partial charge in [-0.3, -0.25) is 0 Å². The minimum atomic E-state index is 0.142. The lowest BCUT2D eigenvalue weighted by molar-refractivity contribution is 0.0495. The Balaban J connectivity index is 1.45. The van der Waals surface area contributed by atoms with Crippen LogP contribution in [-0.2, 0) is 16.7 Å². The Morgan fingerprint density at radius 2 is 2.00 bits per heavy atom. The van der Waals surface area contributed by atoms with Crippen molar-refractivity contribution in [2.45, 2.75) is 31.7 Å². The third-order valence-electron chi connectivity index (χ3n) is 5.22. The van der Waals surface area contributed by atoms with E-state index in [1.165, 1.54) is 11.1 Å². The van der Waals surface area contributed by atoms with E-state index in [9.17, 15) is 0 Å². The van der Waals surface area contributed by atoms with Gasteiger partial charge in [-0.1, -0.05) is 24.3 Å². The number of aromatic nitrogens is 1. The summed E-state index contributed by atoms with van der Waals surface area (Å²) in [6.45, 7) is 5.58. The van der Waals surface area contributed by atoms with Gasteiger partial charge in [0, 0.05) is 37.1 Å². The van der Waals surface area contributed by atoms with Gasteiger partial charge >= 0.3 is 0 Å². The summed E-state index contributed by atoms with van der Waals surface area (Å²) >= 11 is 1.63. The quantitative estimate of drug-likeness (QED) is 0.693. The van der Waals surface area contributed by atoms with E-state index < -0.39 is 0 Å². The number of nitrogens with zero attached hydrogens (tertiary/aromatic N) is 1. The molecule has 1 saturated heterocycles. The van der Waals surface area contributed by atoms with Crippen LogP contribution in [0.2, 0.25) is 0 Å². The number of hydrogen-bond acceptors (Lipinski definition) is 5. The lowest BCUT2D eigenvalue weighted by Crippen LogP contribution is -2.43. The van der Waals surface area contributed by atoms with Crippen LogP contribution in [0.25, 0.3) is 10.8 Å². The second-order valence-corrected chi connectivity index (χ2v) is 7.79. The number of ether oxygens (including phenoxy) is 1. The Morgan fingerprint density at radius 1 is 1.15 bits per heavy atom. The van der Waals surface area contributed by atoms with Crippen LogP contribution < -0.4 is 5.32 Å². The van der Waals surface area contributed by atoms with Crippen molar-refractivity contribution < 1.29 is 9.15 Å². The summed E-state index contributed by atoms with van der Waals surface area (Å²) in [6, 6.07) is 12.6. The highest BCUT2D eigenvalue weighted by Crippen LogP contribution is 2.36. The van der Waals surface area contributed by atoms with E-state index in [2.05, 4.69) is 46.9 Å². The number of hydrogen-bond donors (Lipinski definition) is 1. The first-order chi connectivity index (χ1) is 12.8. The zero-order valence-electron chi connectivity index (χ0n) is 15.0. The van der Waals surface area contributed by atoms with Crippen LogP contribution in [0.3, 0.4) is 0 Å². The second-order valence-electron chi connectivity index (χ2n) is 6.93. The van der Waals surface area contributed by atoms with Crippen LogP contribution in [0.1, 0.15) is 29.7 Å². The molecule has 26 heavy (non-hydrogen) atoms. The highest BCUT2D eigenvalue weighted by atomic mass is 32.1. The van der Waals surface area contributed by atoms with Crippen LogP contribution >= 0.6 is 11.3 Å². The van der Waals surface area contributed by atoms with Gasteiger partial charge < -0.3 is 14.5 Å². The monoisotopic (exact) mass is 368 g/mol. The molecule has 4 nitrogen and oxygen atoms in total. The Bertz CT molecular complexity index is 835. The molecule has 0 amide bonds. The first-order valence-electron chi connectivity index (χ1n) is 9.10. The fourth-order valence-corrected chi connectivity index (χ4v) is 4.59. The molecule has 1 aliphatic heterocycles. The maximum absolute atomic E-state index is 5.65. The minimum Gasteiger partial charge on any atom is -0.462 e. The van der Waals surface area contributed by atoms with E-state index >= 15 is 0 Å². The van der Waals surface area contributed by atoms with Gasteiger partial charge in [0.05, 0.1) is 12.0 Å². The molecule has 4 rings (SSSR count). The van der Waals surface area contributed by atoms with E-state index in [4.69, 9.17) is 9.15 Å². The number of rotatable bonds is 6. The fourth-order valence-electron chi connectivity index (χ4n) is 3.80. The molecule has 0 aliphatic carbocycles. The molecule has 1 aromatic carbocycles. The maximum atomic E-state index is 5.65. The van der Waals surface area contributed by atoms with E-state index in [1.54, 1.807) is 17.6 Å². The zero-order valence-corrected chi connectivity index (χ0v) is 15.8. The van der Waals surface area contributed by atoms with Gasteiger partial charge in [-0.05, 0) is 43.0 Å². The van der Waals surface area contributed by atoms with E-state index in [0.29, 0.717) is 0 Å². The summed E-state index contributed by atoms with van der Waals surface area (Å²) in [5.74, 6) is 0.835. The minimum absolute atomic E-state index is 0.142. The molecule has 0 saturated carbocycles. The van der Waals surface area contributed by atoms with Crippen molar-refractivity contribution in [3.8, 4) is 10.8 Å². The van der Waals surface area contributed by atoms with Crippen LogP contribution in [0.15, 0.2) is 52.5 Å². The molecule has 0 unspecified atom stereocenters. The molecular weight excluding hydrogens is 344 g/mol. The zero-order chi connectivity index (χ0) is 17.8. The Morgan fingerprint density at radius 3 is 2.77 bits per heavy atom. The number of aryl methyl sites for hydroxylation is 1. The summed E-state index contributed by atoms with van der Waals surface area (Å²) in [4.78, 5) is 4.69. The van der Waals surface area contributed by atoms with E-state index in [-0.39, 0.29) is 5.41 Å². The molecule has 0 atom stereocenters. The highest BCUT2D eigenvalue weighted by molar-refractivity contribution is 7.13. The summed E-state index contributed by atoms with van der Waals surface area (Å²) in [5, 5.41) is 6.70. The van der Waals surface area contributed by atoms with Crippen LogP contribution in [0.5, 0.6) is 0 Å². The normalized spacial score (nSPS) is 16.7. The van der Waals surface area contributed by atoms with Gasteiger partial charge in [-0.25, -0.2) is 4.98 Å². The van der Waals surface area contributed by atoms with Gasteiger partial charge in [0.2, 0.25) is 0 Å². The van der Waals surface area contributed by atoms with Crippen molar-refractivity contribution in [1.82, 2.24) is 10.3 Å². The molecule has 0 bridgehead atoms. The number of benzene rings is 1. The molecule has 1 fully saturated rings. The Kier molecular flexibility index (Phi) is 5.20. The van der Waals surface area contributed by atoms with E-state index in [0.717, 1.165) is 55.6 Å². The van der Waals surface area contributed by atoms with Gasteiger partial charge in [-0.2, -0.15) is 0 Å². The first-order valence-corrected chi connectivity index (χ1v) is 9.98. The van der Waals surface area contributed by atoms with Crippen LogP contribution in [-0.4, -0.2) is 24.7 Å². The molecule has 0 spiro atoms. The Labute approximate surface area is 158 Å². The SMILES string of the molecule is Cc1ccccc1C1(CNCc2csc(-c3ccco3)n2)CCOCC1.